The molecular weight excluding hydrogens is 260 g/mol. The summed E-state index contributed by atoms with van der Waals surface area (Å²) < 4.78 is 5.65. The van der Waals surface area contributed by atoms with Crippen molar-refractivity contribution in [1.29, 1.82) is 0 Å². The van der Waals surface area contributed by atoms with Crippen molar-refractivity contribution in [2.24, 2.45) is 0 Å². The Hall–Kier alpha value is -1.71. The van der Waals surface area contributed by atoms with Crippen LogP contribution in [0.5, 0.6) is 0 Å². The van der Waals surface area contributed by atoms with Gasteiger partial charge in [0, 0.05) is 25.0 Å². The van der Waals surface area contributed by atoms with Crippen LogP contribution in [0.15, 0.2) is 54.9 Å². The predicted octanol–water partition coefficient (Wildman–Crippen LogP) is 3.33. The summed E-state index contributed by atoms with van der Waals surface area (Å²) in [6, 6.07) is 15.5. The van der Waals surface area contributed by atoms with Gasteiger partial charge in [-0.2, -0.15) is 0 Å². The zero-order valence-electron chi connectivity index (χ0n) is 12.4. The summed E-state index contributed by atoms with van der Waals surface area (Å²) in [4.78, 5) is 4.12. The van der Waals surface area contributed by atoms with E-state index in [1.54, 1.807) is 0 Å². The van der Waals surface area contributed by atoms with Gasteiger partial charge in [-0.3, -0.25) is 4.98 Å². The van der Waals surface area contributed by atoms with E-state index in [0.717, 1.165) is 19.4 Å². The average molecular weight is 282 g/mol. The van der Waals surface area contributed by atoms with Crippen LogP contribution in [0.2, 0.25) is 0 Å². The van der Waals surface area contributed by atoms with Crippen molar-refractivity contribution in [3.63, 3.8) is 0 Å². The fourth-order valence-electron chi connectivity index (χ4n) is 2.90. The molecule has 1 unspecified atom stereocenters. The number of pyridine rings is 1. The molecule has 1 aromatic carbocycles. The first-order valence-electron chi connectivity index (χ1n) is 7.69. The third-order valence-corrected chi connectivity index (χ3v) is 4.07. The highest BCUT2D eigenvalue weighted by atomic mass is 16.5. The van der Waals surface area contributed by atoms with E-state index in [9.17, 15) is 0 Å². The number of hydrogen-bond acceptors (Lipinski definition) is 3. The van der Waals surface area contributed by atoms with Gasteiger partial charge in [-0.1, -0.05) is 30.3 Å². The van der Waals surface area contributed by atoms with Gasteiger partial charge in [0.2, 0.25) is 0 Å². The second-order valence-electron chi connectivity index (χ2n) is 5.54. The van der Waals surface area contributed by atoms with E-state index >= 15 is 0 Å². The minimum atomic E-state index is 0.224. The molecule has 0 spiro atoms. The third-order valence-electron chi connectivity index (χ3n) is 4.07. The molecule has 3 heteroatoms. The minimum absolute atomic E-state index is 0.224. The molecule has 1 aliphatic rings. The van der Waals surface area contributed by atoms with Gasteiger partial charge in [-0.05, 0) is 43.0 Å². The Balaban J connectivity index is 1.72. The van der Waals surface area contributed by atoms with Gasteiger partial charge in [0.1, 0.15) is 0 Å². The molecular formula is C18H22N2O. The topological polar surface area (TPSA) is 34.1 Å². The highest BCUT2D eigenvalue weighted by Gasteiger charge is 2.31. The molecule has 0 aliphatic heterocycles. The Kier molecular flexibility index (Phi) is 4.63. The lowest BCUT2D eigenvalue weighted by Crippen LogP contribution is -2.47. The highest BCUT2D eigenvalue weighted by molar-refractivity contribution is 5.30. The minimum Gasteiger partial charge on any atom is -0.378 e. The first kappa shape index (κ1) is 14.2. The Labute approximate surface area is 126 Å². The van der Waals surface area contributed by atoms with Gasteiger partial charge in [-0.25, -0.2) is 0 Å². The van der Waals surface area contributed by atoms with Crippen molar-refractivity contribution in [2.75, 3.05) is 6.61 Å². The summed E-state index contributed by atoms with van der Waals surface area (Å²) in [5.74, 6) is 0. The van der Waals surface area contributed by atoms with Crippen LogP contribution in [-0.4, -0.2) is 23.7 Å². The second-order valence-corrected chi connectivity index (χ2v) is 5.54. The zero-order valence-corrected chi connectivity index (χ0v) is 12.4. The van der Waals surface area contributed by atoms with E-state index in [1.807, 2.05) is 12.4 Å². The Morgan fingerprint density at radius 1 is 1.10 bits per heavy atom. The highest BCUT2D eigenvalue weighted by Crippen LogP contribution is 2.29. The maximum absolute atomic E-state index is 5.65. The van der Waals surface area contributed by atoms with E-state index < -0.39 is 0 Å². The Morgan fingerprint density at radius 3 is 2.43 bits per heavy atom. The molecule has 1 saturated carbocycles. The maximum atomic E-state index is 5.65. The van der Waals surface area contributed by atoms with Crippen molar-refractivity contribution < 1.29 is 4.74 Å². The summed E-state index contributed by atoms with van der Waals surface area (Å²) in [7, 11) is 0. The molecule has 1 aromatic heterocycles. The molecule has 1 fully saturated rings. The van der Waals surface area contributed by atoms with Crippen LogP contribution < -0.4 is 5.32 Å². The number of aromatic nitrogens is 1. The molecule has 0 amide bonds. The third kappa shape index (κ3) is 3.49. The van der Waals surface area contributed by atoms with Crippen molar-refractivity contribution >= 4 is 0 Å². The molecule has 0 radical (unpaired) electrons. The standard InChI is InChI=1S/C18H22N2O/c1-2-21-17-12-16(13-17)20-18(14-6-4-3-5-7-14)15-8-10-19-11-9-15/h3-11,16-18,20H,2,12-13H2,1H3. The smallest absolute Gasteiger partial charge is 0.0604 e. The fraction of sp³-hybridized carbons (Fsp3) is 0.389. The summed E-state index contributed by atoms with van der Waals surface area (Å²) in [6.07, 6.45) is 6.35. The molecule has 0 bridgehead atoms. The molecule has 3 nitrogen and oxygen atoms in total. The molecule has 2 aromatic rings. The first-order valence-corrected chi connectivity index (χ1v) is 7.69. The van der Waals surface area contributed by atoms with E-state index in [-0.39, 0.29) is 6.04 Å². The molecule has 0 saturated heterocycles. The number of ether oxygens (including phenoxy) is 1. The van der Waals surface area contributed by atoms with E-state index in [2.05, 4.69) is 59.7 Å². The normalized spacial score (nSPS) is 22.5. The number of nitrogens with one attached hydrogen (secondary N) is 1. The van der Waals surface area contributed by atoms with Crippen molar-refractivity contribution in [2.45, 2.75) is 38.0 Å². The number of nitrogens with zero attached hydrogens (tertiary/aromatic N) is 1. The van der Waals surface area contributed by atoms with Crippen molar-refractivity contribution in [1.82, 2.24) is 10.3 Å². The van der Waals surface area contributed by atoms with Gasteiger partial charge in [-0.15, -0.1) is 0 Å². The largest absolute Gasteiger partial charge is 0.378 e. The Morgan fingerprint density at radius 2 is 1.76 bits per heavy atom. The molecule has 1 atom stereocenters. The van der Waals surface area contributed by atoms with Gasteiger partial charge in [0.25, 0.3) is 0 Å². The summed E-state index contributed by atoms with van der Waals surface area (Å²) >= 11 is 0. The van der Waals surface area contributed by atoms with E-state index in [1.165, 1.54) is 11.1 Å². The van der Waals surface area contributed by atoms with Gasteiger partial charge in [0.05, 0.1) is 12.1 Å². The van der Waals surface area contributed by atoms with Gasteiger partial charge >= 0.3 is 0 Å². The number of hydrogen-bond donors (Lipinski definition) is 1. The summed E-state index contributed by atoms with van der Waals surface area (Å²) in [5, 5.41) is 3.77. The SMILES string of the molecule is CCOC1CC(NC(c2ccccc2)c2ccncc2)C1. The summed E-state index contributed by atoms with van der Waals surface area (Å²) in [6.45, 7) is 2.87. The van der Waals surface area contributed by atoms with Gasteiger partial charge < -0.3 is 10.1 Å². The van der Waals surface area contributed by atoms with E-state index in [4.69, 9.17) is 4.74 Å². The van der Waals surface area contributed by atoms with Crippen LogP contribution in [0.25, 0.3) is 0 Å². The zero-order chi connectivity index (χ0) is 14.5. The predicted molar refractivity (Wildman–Crippen MR) is 84.1 cm³/mol. The maximum Gasteiger partial charge on any atom is 0.0604 e. The average Bonchev–Trinajstić information content (AvgIpc) is 2.51. The van der Waals surface area contributed by atoms with Gasteiger partial charge in [0.15, 0.2) is 0 Å². The summed E-state index contributed by atoms with van der Waals surface area (Å²) in [5.41, 5.74) is 2.56. The lowest BCUT2D eigenvalue weighted by atomic mass is 9.87. The van der Waals surface area contributed by atoms with Crippen LogP contribution in [0.3, 0.4) is 0 Å². The van der Waals surface area contributed by atoms with Crippen LogP contribution in [0.1, 0.15) is 36.9 Å². The first-order chi connectivity index (χ1) is 10.4. The molecule has 110 valence electrons. The quantitative estimate of drug-likeness (QED) is 0.882. The second kappa shape index (κ2) is 6.83. The van der Waals surface area contributed by atoms with Crippen molar-refractivity contribution in [3.8, 4) is 0 Å². The van der Waals surface area contributed by atoms with Crippen LogP contribution in [0.4, 0.5) is 0 Å². The van der Waals surface area contributed by atoms with Crippen LogP contribution in [-0.2, 0) is 4.74 Å². The lowest BCUT2D eigenvalue weighted by Gasteiger charge is -2.38. The molecule has 1 N–H and O–H groups in total. The molecule has 3 rings (SSSR count). The van der Waals surface area contributed by atoms with Crippen LogP contribution in [0, 0.1) is 0 Å². The Bertz CT molecular complexity index is 498. The number of benzene rings is 1. The molecule has 1 heterocycles. The van der Waals surface area contributed by atoms with Crippen LogP contribution >= 0.6 is 0 Å². The fourth-order valence-corrected chi connectivity index (χ4v) is 2.90. The molecule has 1 aliphatic carbocycles. The van der Waals surface area contributed by atoms with E-state index in [0.29, 0.717) is 12.1 Å². The monoisotopic (exact) mass is 282 g/mol. The number of rotatable bonds is 6. The lowest BCUT2D eigenvalue weighted by molar-refractivity contribution is -0.0115. The van der Waals surface area contributed by atoms with Crippen molar-refractivity contribution in [3.05, 3.63) is 66.0 Å². The molecule has 21 heavy (non-hydrogen) atoms.